The van der Waals surface area contributed by atoms with Crippen LogP contribution >= 0.6 is 0 Å². The number of hydrogen-bond donors (Lipinski definition) is 3. The molecule has 5 nitrogen and oxygen atoms in total. The van der Waals surface area contributed by atoms with Gasteiger partial charge in [-0.25, -0.2) is 4.79 Å². The number of benzene rings is 1. The third-order valence-electron chi connectivity index (χ3n) is 4.17. The van der Waals surface area contributed by atoms with Crippen molar-refractivity contribution in [2.75, 3.05) is 6.54 Å². The largest absolute Gasteiger partial charge is 0.480 e. The lowest BCUT2D eigenvalue weighted by Gasteiger charge is -2.28. The van der Waals surface area contributed by atoms with Crippen molar-refractivity contribution in [1.82, 2.24) is 10.6 Å². The predicted molar refractivity (Wildman–Crippen MR) is 80.0 cm³/mol. The molecule has 1 aliphatic heterocycles. The number of carboxylic acids is 1. The van der Waals surface area contributed by atoms with E-state index in [-0.39, 0.29) is 5.91 Å². The molecule has 2 rings (SSSR count). The Kier molecular flexibility index (Phi) is 4.96. The van der Waals surface area contributed by atoms with Crippen LogP contribution in [0.2, 0.25) is 0 Å². The average molecular weight is 290 g/mol. The lowest BCUT2D eigenvalue weighted by atomic mass is 9.92. The minimum Gasteiger partial charge on any atom is -0.480 e. The van der Waals surface area contributed by atoms with Crippen LogP contribution in [0.25, 0.3) is 0 Å². The minimum absolute atomic E-state index is 0.203. The summed E-state index contributed by atoms with van der Waals surface area (Å²) in [6.45, 7) is 2.75. The van der Waals surface area contributed by atoms with E-state index in [1.165, 1.54) is 0 Å². The second-order valence-electron chi connectivity index (χ2n) is 5.52. The molecule has 1 heterocycles. The van der Waals surface area contributed by atoms with Gasteiger partial charge in [-0.3, -0.25) is 4.79 Å². The Balaban J connectivity index is 2.06. The Hall–Kier alpha value is -1.88. The van der Waals surface area contributed by atoms with Crippen molar-refractivity contribution in [1.29, 1.82) is 0 Å². The van der Waals surface area contributed by atoms with Crippen LogP contribution in [0.4, 0.5) is 0 Å². The van der Waals surface area contributed by atoms with Gasteiger partial charge in [0.25, 0.3) is 0 Å². The Morgan fingerprint density at radius 1 is 1.38 bits per heavy atom. The van der Waals surface area contributed by atoms with E-state index in [9.17, 15) is 14.7 Å². The third kappa shape index (κ3) is 3.61. The molecule has 0 bridgehead atoms. The van der Waals surface area contributed by atoms with Crippen LogP contribution in [0.15, 0.2) is 30.3 Å². The summed E-state index contributed by atoms with van der Waals surface area (Å²) in [7, 11) is 0. The molecule has 0 aromatic heterocycles. The number of hydrogen-bond acceptors (Lipinski definition) is 3. The van der Waals surface area contributed by atoms with Crippen molar-refractivity contribution >= 4 is 11.9 Å². The second kappa shape index (κ2) is 6.72. The first-order chi connectivity index (χ1) is 10.1. The molecule has 1 saturated heterocycles. The summed E-state index contributed by atoms with van der Waals surface area (Å²) in [6, 6.07) is 8.44. The number of amides is 1. The van der Waals surface area contributed by atoms with E-state index in [4.69, 9.17) is 0 Å². The van der Waals surface area contributed by atoms with Crippen LogP contribution in [0.5, 0.6) is 0 Å². The van der Waals surface area contributed by atoms with Gasteiger partial charge in [0.05, 0.1) is 5.54 Å². The molecule has 0 aliphatic carbocycles. The molecule has 0 spiro atoms. The van der Waals surface area contributed by atoms with Gasteiger partial charge in [0.15, 0.2) is 0 Å². The molecule has 1 aliphatic rings. The van der Waals surface area contributed by atoms with Crippen molar-refractivity contribution < 1.29 is 14.7 Å². The van der Waals surface area contributed by atoms with Crippen LogP contribution in [0, 0.1) is 0 Å². The molecule has 3 N–H and O–H groups in total. The van der Waals surface area contributed by atoms with Crippen molar-refractivity contribution in [2.24, 2.45) is 0 Å². The van der Waals surface area contributed by atoms with E-state index in [2.05, 4.69) is 10.6 Å². The predicted octanol–water partition coefficient (Wildman–Crippen LogP) is 1.33. The molecule has 5 heteroatoms. The molecule has 2 unspecified atom stereocenters. The Bertz CT molecular complexity index is 496. The van der Waals surface area contributed by atoms with Gasteiger partial charge in [0.1, 0.15) is 6.04 Å². The highest BCUT2D eigenvalue weighted by molar-refractivity contribution is 5.90. The fraction of sp³-hybridized carbons (Fsp3) is 0.500. The molecule has 21 heavy (non-hydrogen) atoms. The van der Waals surface area contributed by atoms with Gasteiger partial charge in [-0.05, 0) is 31.4 Å². The Labute approximate surface area is 124 Å². The third-order valence-corrected chi connectivity index (χ3v) is 4.17. The zero-order valence-corrected chi connectivity index (χ0v) is 12.3. The van der Waals surface area contributed by atoms with Gasteiger partial charge in [0, 0.05) is 6.42 Å². The molecule has 1 aromatic carbocycles. The van der Waals surface area contributed by atoms with Crippen molar-refractivity contribution in [2.45, 2.75) is 44.2 Å². The number of carbonyl (C=O) groups excluding carboxylic acids is 1. The smallest absolute Gasteiger partial charge is 0.326 e. The highest BCUT2D eigenvalue weighted by Gasteiger charge is 2.40. The SMILES string of the molecule is CCC1(C(=O)NC(Cc2ccccc2)C(=O)O)CCCN1. The van der Waals surface area contributed by atoms with Gasteiger partial charge in [-0.15, -0.1) is 0 Å². The molecule has 1 aromatic rings. The quantitative estimate of drug-likeness (QED) is 0.738. The normalized spacial score (nSPS) is 22.7. The van der Waals surface area contributed by atoms with Gasteiger partial charge in [-0.1, -0.05) is 37.3 Å². The monoisotopic (exact) mass is 290 g/mol. The highest BCUT2D eigenvalue weighted by atomic mass is 16.4. The molecule has 1 fully saturated rings. The summed E-state index contributed by atoms with van der Waals surface area (Å²) in [6.07, 6.45) is 2.66. The maximum atomic E-state index is 12.5. The first kappa shape index (κ1) is 15.5. The zero-order chi connectivity index (χ0) is 15.3. The van der Waals surface area contributed by atoms with Crippen molar-refractivity contribution in [3.63, 3.8) is 0 Å². The summed E-state index contributed by atoms with van der Waals surface area (Å²) >= 11 is 0. The number of nitrogens with one attached hydrogen (secondary N) is 2. The number of carbonyl (C=O) groups is 2. The van der Waals surface area contributed by atoms with E-state index in [1.54, 1.807) is 0 Å². The summed E-state index contributed by atoms with van der Waals surface area (Å²) in [5, 5.41) is 15.3. The second-order valence-corrected chi connectivity index (χ2v) is 5.52. The van der Waals surface area contributed by atoms with E-state index < -0.39 is 17.6 Å². The number of carboxylic acid groups (broad SMARTS) is 1. The van der Waals surface area contributed by atoms with Gasteiger partial charge < -0.3 is 15.7 Å². The molecular weight excluding hydrogens is 268 g/mol. The zero-order valence-electron chi connectivity index (χ0n) is 12.3. The first-order valence-electron chi connectivity index (χ1n) is 7.40. The lowest BCUT2D eigenvalue weighted by molar-refractivity contribution is -0.142. The van der Waals surface area contributed by atoms with Gasteiger partial charge in [0.2, 0.25) is 5.91 Å². The molecule has 0 radical (unpaired) electrons. The van der Waals surface area contributed by atoms with Gasteiger partial charge >= 0.3 is 5.97 Å². The van der Waals surface area contributed by atoms with E-state index in [1.807, 2.05) is 37.3 Å². The van der Waals surface area contributed by atoms with Crippen LogP contribution in [-0.4, -0.2) is 35.1 Å². The molecule has 2 atom stereocenters. The van der Waals surface area contributed by atoms with Crippen LogP contribution in [0.3, 0.4) is 0 Å². The standard InChI is InChI=1S/C16H22N2O3/c1-2-16(9-6-10-17-16)15(21)18-13(14(19)20)11-12-7-4-3-5-8-12/h3-5,7-8,13,17H,2,6,9-11H2,1H3,(H,18,21)(H,19,20). The number of rotatable bonds is 6. The summed E-state index contributed by atoms with van der Waals surface area (Å²) in [5.74, 6) is -1.21. The van der Waals surface area contributed by atoms with E-state index in [0.29, 0.717) is 12.8 Å². The molecule has 114 valence electrons. The maximum Gasteiger partial charge on any atom is 0.326 e. The van der Waals surface area contributed by atoms with Crippen LogP contribution in [0.1, 0.15) is 31.7 Å². The fourth-order valence-electron chi connectivity index (χ4n) is 2.81. The minimum atomic E-state index is -1.00. The summed E-state index contributed by atoms with van der Waals surface area (Å²) in [5.41, 5.74) is 0.292. The van der Waals surface area contributed by atoms with Crippen LogP contribution in [-0.2, 0) is 16.0 Å². The average Bonchev–Trinajstić information content (AvgIpc) is 2.97. The van der Waals surface area contributed by atoms with Crippen LogP contribution < -0.4 is 10.6 Å². The fourth-order valence-corrected chi connectivity index (χ4v) is 2.81. The van der Waals surface area contributed by atoms with Gasteiger partial charge in [-0.2, -0.15) is 0 Å². The number of aliphatic carboxylic acids is 1. The van der Waals surface area contributed by atoms with E-state index in [0.717, 1.165) is 24.9 Å². The summed E-state index contributed by atoms with van der Waals surface area (Å²) in [4.78, 5) is 23.9. The first-order valence-corrected chi connectivity index (χ1v) is 7.40. The Morgan fingerprint density at radius 3 is 2.62 bits per heavy atom. The topological polar surface area (TPSA) is 78.4 Å². The lowest BCUT2D eigenvalue weighted by Crippen LogP contribution is -2.57. The molecule has 0 saturated carbocycles. The highest BCUT2D eigenvalue weighted by Crippen LogP contribution is 2.23. The van der Waals surface area contributed by atoms with Crippen molar-refractivity contribution in [3.05, 3.63) is 35.9 Å². The maximum absolute atomic E-state index is 12.5. The van der Waals surface area contributed by atoms with Crippen molar-refractivity contribution in [3.8, 4) is 0 Å². The Morgan fingerprint density at radius 2 is 2.10 bits per heavy atom. The summed E-state index contributed by atoms with van der Waals surface area (Å²) < 4.78 is 0. The molecular formula is C16H22N2O3. The molecule has 1 amide bonds. The van der Waals surface area contributed by atoms with E-state index >= 15 is 0 Å².